The molecule has 1 unspecified atom stereocenters. The first-order valence-corrected chi connectivity index (χ1v) is 7.97. The maximum absolute atomic E-state index is 12.4. The second-order valence-electron chi connectivity index (χ2n) is 6.24. The highest BCUT2D eigenvalue weighted by molar-refractivity contribution is 5.94. The second-order valence-corrected chi connectivity index (χ2v) is 6.24. The largest absolute Gasteiger partial charge is 0.417 e. The Balaban J connectivity index is 1.36. The van der Waals surface area contributed by atoms with Gasteiger partial charge >= 0.3 is 6.08 Å². The number of piperidine rings is 1. The molecule has 0 aliphatic carbocycles. The number of hydrogen-bond acceptors (Lipinski definition) is 5. The lowest BCUT2D eigenvalue weighted by Gasteiger charge is -2.30. The number of fused-ring (bicyclic) bond motifs is 2. The number of nitrogens with zero attached hydrogens (tertiary/aromatic N) is 2. The summed E-state index contributed by atoms with van der Waals surface area (Å²) in [4.78, 5) is 18.7. The lowest BCUT2D eigenvalue weighted by molar-refractivity contribution is 0.0909. The van der Waals surface area contributed by atoms with Crippen molar-refractivity contribution in [2.75, 3.05) is 19.6 Å². The Kier molecular flexibility index (Phi) is 3.75. The van der Waals surface area contributed by atoms with Gasteiger partial charge in [0.25, 0.3) is 5.91 Å². The van der Waals surface area contributed by atoms with Crippen molar-refractivity contribution in [1.29, 1.82) is 0 Å². The molecule has 1 N–H and O–H groups in total. The van der Waals surface area contributed by atoms with Gasteiger partial charge < -0.3 is 19.4 Å². The monoisotopic (exact) mass is 313 g/mol. The minimum Gasteiger partial charge on any atom is -0.417 e. The van der Waals surface area contributed by atoms with E-state index in [4.69, 9.17) is 9.15 Å². The minimum atomic E-state index is -0.0276. The summed E-state index contributed by atoms with van der Waals surface area (Å²) in [5.74, 6) is 1.30. The van der Waals surface area contributed by atoms with Crippen LogP contribution in [0.25, 0.3) is 0 Å². The van der Waals surface area contributed by atoms with E-state index in [1.54, 1.807) is 24.3 Å². The number of nitrogens with one attached hydrogen (secondary N) is 1. The second kappa shape index (κ2) is 6.04. The van der Waals surface area contributed by atoms with Crippen molar-refractivity contribution in [3.8, 4) is 11.8 Å². The maximum atomic E-state index is 12.4. The van der Waals surface area contributed by atoms with Crippen molar-refractivity contribution in [2.24, 2.45) is 5.92 Å². The van der Waals surface area contributed by atoms with E-state index >= 15 is 0 Å². The third-order valence-corrected chi connectivity index (χ3v) is 4.53. The summed E-state index contributed by atoms with van der Waals surface area (Å²) in [7, 11) is 0. The molecule has 1 amide bonds. The zero-order valence-corrected chi connectivity index (χ0v) is 12.8. The van der Waals surface area contributed by atoms with Crippen LogP contribution < -0.4 is 10.1 Å². The van der Waals surface area contributed by atoms with Gasteiger partial charge in [0.2, 0.25) is 0 Å². The molecule has 0 saturated carbocycles. The van der Waals surface area contributed by atoms with E-state index in [-0.39, 0.29) is 18.0 Å². The van der Waals surface area contributed by atoms with Gasteiger partial charge in [-0.3, -0.25) is 4.79 Å². The minimum absolute atomic E-state index is 0.0276. The molecule has 3 atom stereocenters. The fraction of sp³-hybridized carbons (Fsp3) is 0.412. The molecule has 2 aromatic rings. The Labute approximate surface area is 134 Å². The molecule has 2 saturated heterocycles. The van der Waals surface area contributed by atoms with Gasteiger partial charge in [0.1, 0.15) is 12.0 Å². The fourth-order valence-corrected chi connectivity index (χ4v) is 3.47. The molecule has 2 aliphatic heterocycles. The normalized spacial score (nSPS) is 26.0. The van der Waals surface area contributed by atoms with Crippen molar-refractivity contribution in [1.82, 2.24) is 15.2 Å². The fourth-order valence-electron chi connectivity index (χ4n) is 3.47. The lowest BCUT2D eigenvalue weighted by atomic mass is 9.96. The van der Waals surface area contributed by atoms with Crippen LogP contribution in [0, 0.1) is 5.92 Å². The third-order valence-electron chi connectivity index (χ3n) is 4.53. The van der Waals surface area contributed by atoms with Crippen LogP contribution in [0.5, 0.6) is 11.8 Å². The summed E-state index contributed by atoms with van der Waals surface area (Å²) in [6.45, 7) is 3.33. The highest BCUT2D eigenvalue weighted by atomic mass is 16.6. The lowest BCUT2D eigenvalue weighted by Crippen LogP contribution is -2.46. The van der Waals surface area contributed by atoms with E-state index in [9.17, 15) is 4.79 Å². The average Bonchev–Trinajstić information content (AvgIpc) is 3.18. The average molecular weight is 313 g/mol. The van der Waals surface area contributed by atoms with Gasteiger partial charge in [0.05, 0.1) is 6.20 Å². The number of benzene rings is 1. The summed E-state index contributed by atoms with van der Waals surface area (Å²) in [5, 5.41) is 3.15. The van der Waals surface area contributed by atoms with E-state index in [0.717, 1.165) is 18.9 Å². The van der Waals surface area contributed by atoms with Crippen LogP contribution in [0.3, 0.4) is 0 Å². The number of aromatic nitrogens is 1. The van der Waals surface area contributed by atoms with Crippen molar-refractivity contribution >= 4 is 5.91 Å². The molecule has 2 fully saturated rings. The summed E-state index contributed by atoms with van der Waals surface area (Å²) >= 11 is 0. The smallest absolute Gasteiger partial charge is 0.399 e. The van der Waals surface area contributed by atoms with E-state index in [1.165, 1.54) is 32.0 Å². The SMILES string of the molecule is O=C(N[C@@H]1C[C@@H]2CCN(C2)C1)c1ccc(Oc2ncco2)cc1. The number of oxazole rings is 1. The van der Waals surface area contributed by atoms with Gasteiger partial charge in [-0.2, -0.15) is 4.98 Å². The summed E-state index contributed by atoms with van der Waals surface area (Å²) in [6, 6.07) is 7.25. The van der Waals surface area contributed by atoms with E-state index < -0.39 is 0 Å². The molecular weight excluding hydrogens is 294 g/mol. The van der Waals surface area contributed by atoms with E-state index in [1.807, 2.05) is 0 Å². The van der Waals surface area contributed by atoms with Gasteiger partial charge in [-0.15, -0.1) is 0 Å². The van der Waals surface area contributed by atoms with Gasteiger partial charge in [0.15, 0.2) is 0 Å². The Hall–Kier alpha value is -2.34. The number of amides is 1. The van der Waals surface area contributed by atoms with Gasteiger partial charge in [-0.25, -0.2) is 0 Å². The van der Waals surface area contributed by atoms with Crippen LogP contribution in [0.4, 0.5) is 0 Å². The highest BCUT2D eigenvalue weighted by Gasteiger charge is 2.32. The van der Waals surface area contributed by atoms with E-state index in [2.05, 4.69) is 15.2 Å². The maximum Gasteiger partial charge on any atom is 0.399 e. The van der Waals surface area contributed by atoms with Gasteiger partial charge in [-0.05, 0) is 49.6 Å². The summed E-state index contributed by atoms with van der Waals surface area (Å²) < 4.78 is 10.4. The molecule has 1 aromatic carbocycles. The van der Waals surface area contributed by atoms with Crippen LogP contribution in [0.15, 0.2) is 41.1 Å². The molecule has 3 heterocycles. The molecule has 2 bridgehead atoms. The standard InChI is InChI=1S/C17H19N3O3/c21-16(19-14-9-12-5-7-20(10-12)11-14)13-1-3-15(4-2-13)23-17-18-6-8-22-17/h1-4,6,8,12,14H,5,7,9-11H2,(H,19,21)/t12-,14+/m0/s1. The molecule has 23 heavy (non-hydrogen) atoms. The van der Waals surface area contributed by atoms with Crippen LogP contribution >= 0.6 is 0 Å². The number of hydrogen-bond donors (Lipinski definition) is 1. The molecule has 6 heteroatoms. The molecule has 2 aliphatic rings. The van der Waals surface area contributed by atoms with Gasteiger partial charge in [0, 0.05) is 24.7 Å². The predicted molar refractivity (Wildman–Crippen MR) is 83.4 cm³/mol. The highest BCUT2D eigenvalue weighted by Crippen LogP contribution is 2.27. The van der Waals surface area contributed by atoms with Crippen molar-refractivity contribution in [3.05, 3.63) is 42.3 Å². The topological polar surface area (TPSA) is 67.6 Å². The molecule has 4 rings (SSSR count). The Morgan fingerprint density at radius 3 is 2.91 bits per heavy atom. The van der Waals surface area contributed by atoms with E-state index in [0.29, 0.717) is 11.3 Å². The Bertz CT molecular complexity index is 657. The van der Waals surface area contributed by atoms with Crippen molar-refractivity contribution in [2.45, 2.75) is 18.9 Å². The van der Waals surface area contributed by atoms with Gasteiger partial charge in [-0.1, -0.05) is 0 Å². The number of rotatable bonds is 4. The zero-order chi connectivity index (χ0) is 15.6. The first-order valence-electron chi connectivity index (χ1n) is 7.97. The molecule has 0 spiro atoms. The predicted octanol–water partition coefficient (Wildman–Crippen LogP) is 2.29. The third kappa shape index (κ3) is 3.22. The number of carbonyl (C=O) groups excluding carboxylic acids is 1. The molecule has 120 valence electrons. The van der Waals surface area contributed by atoms with Crippen molar-refractivity contribution in [3.63, 3.8) is 0 Å². The first-order chi connectivity index (χ1) is 11.3. The summed E-state index contributed by atoms with van der Waals surface area (Å²) in [5.41, 5.74) is 0.637. The molecular formula is C17H19N3O3. The van der Waals surface area contributed by atoms with Crippen LogP contribution in [0.2, 0.25) is 0 Å². The zero-order valence-electron chi connectivity index (χ0n) is 12.8. The van der Waals surface area contributed by atoms with Crippen LogP contribution in [0.1, 0.15) is 23.2 Å². The van der Waals surface area contributed by atoms with Crippen molar-refractivity contribution < 1.29 is 13.9 Å². The van der Waals surface area contributed by atoms with Crippen LogP contribution in [-0.2, 0) is 0 Å². The quantitative estimate of drug-likeness (QED) is 0.938. The molecule has 1 aromatic heterocycles. The molecule has 0 radical (unpaired) electrons. The number of ether oxygens (including phenoxy) is 1. The number of carbonyl (C=O) groups is 1. The first kappa shape index (κ1) is 14.3. The van der Waals surface area contributed by atoms with Crippen LogP contribution in [-0.4, -0.2) is 41.5 Å². The Morgan fingerprint density at radius 2 is 2.17 bits per heavy atom. The Morgan fingerprint density at radius 1 is 1.30 bits per heavy atom. The molecule has 6 nitrogen and oxygen atoms in total. The summed E-state index contributed by atoms with van der Waals surface area (Å²) in [6.07, 6.45) is 5.51.